The molecule has 0 aliphatic heterocycles. The fourth-order valence-corrected chi connectivity index (χ4v) is 2.99. The van der Waals surface area contributed by atoms with Crippen LogP contribution in [0, 0.1) is 5.82 Å². The molecule has 0 radical (unpaired) electrons. The van der Waals surface area contributed by atoms with E-state index < -0.39 is 0 Å². The van der Waals surface area contributed by atoms with E-state index in [9.17, 15) is 9.18 Å². The highest BCUT2D eigenvalue weighted by Gasteiger charge is 2.14. The first-order valence-electron chi connectivity index (χ1n) is 9.09. The molecule has 6 heteroatoms. The van der Waals surface area contributed by atoms with E-state index in [1.54, 1.807) is 48.3 Å². The van der Waals surface area contributed by atoms with Crippen LogP contribution in [0.25, 0.3) is 22.9 Å². The van der Waals surface area contributed by atoms with Crippen molar-refractivity contribution in [2.75, 3.05) is 7.05 Å². The SMILES string of the molecule is CN(Cc1cccc(F)c1)C(=O)c1ccc(-c2nnc(-c3ccccc3)o2)cc1. The Morgan fingerprint density at radius 2 is 1.55 bits per heavy atom. The maximum Gasteiger partial charge on any atom is 0.253 e. The highest BCUT2D eigenvalue weighted by atomic mass is 19.1. The molecule has 3 aromatic carbocycles. The van der Waals surface area contributed by atoms with Crippen LogP contribution in [0.4, 0.5) is 4.39 Å². The van der Waals surface area contributed by atoms with Crippen molar-refractivity contribution in [3.05, 3.63) is 95.8 Å². The summed E-state index contributed by atoms with van der Waals surface area (Å²) in [7, 11) is 1.69. The van der Waals surface area contributed by atoms with Crippen molar-refractivity contribution in [2.45, 2.75) is 6.54 Å². The second kappa shape index (κ2) is 8.06. The predicted octanol–water partition coefficient (Wildman–Crippen LogP) is 4.81. The molecule has 5 nitrogen and oxygen atoms in total. The molecule has 0 saturated carbocycles. The van der Waals surface area contributed by atoms with Crippen LogP contribution >= 0.6 is 0 Å². The normalized spacial score (nSPS) is 10.7. The van der Waals surface area contributed by atoms with Crippen LogP contribution in [0.5, 0.6) is 0 Å². The lowest BCUT2D eigenvalue weighted by atomic mass is 10.1. The number of carbonyl (C=O) groups excluding carboxylic acids is 1. The Balaban J connectivity index is 1.47. The first-order valence-corrected chi connectivity index (χ1v) is 9.09. The number of benzene rings is 3. The molecule has 4 aromatic rings. The molecule has 1 heterocycles. The zero-order chi connectivity index (χ0) is 20.2. The first-order chi connectivity index (χ1) is 14.1. The zero-order valence-electron chi connectivity index (χ0n) is 15.7. The second-order valence-electron chi connectivity index (χ2n) is 6.65. The van der Waals surface area contributed by atoms with Crippen LogP contribution in [0.2, 0.25) is 0 Å². The third kappa shape index (κ3) is 4.21. The lowest BCUT2D eigenvalue weighted by Gasteiger charge is -2.17. The molecule has 0 bridgehead atoms. The average molecular weight is 387 g/mol. The number of halogens is 1. The largest absolute Gasteiger partial charge is 0.416 e. The summed E-state index contributed by atoms with van der Waals surface area (Å²) in [6.45, 7) is 0.322. The lowest BCUT2D eigenvalue weighted by Crippen LogP contribution is -2.26. The van der Waals surface area contributed by atoms with E-state index in [4.69, 9.17) is 4.42 Å². The van der Waals surface area contributed by atoms with Gasteiger partial charge in [0, 0.05) is 30.3 Å². The van der Waals surface area contributed by atoms with E-state index in [1.807, 2.05) is 30.3 Å². The summed E-state index contributed by atoms with van der Waals surface area (Å²) in [6.07, 6.45) is 0. The molecule has 144 valence electrons. The van der Waals surface area contributed by atoms with Crippen molar-refractivity contribution in [2.24, 2.45) is 0 Å². The molecule has 0 saturated heterocycles. The quantitative estimate of drug-likeness (QED) is 0.493. The van der Waals surface area contributed by atoms with Crippen LogP contribution in [0.3, 0.4) is 0 Å². The summed E-state index contributed by atoms with van der Waals surface area (Å²) in [6, 6.07) is 22.7. The monoisotopic (exact) mass is 387 g/mol. The molecule has 29 heavy (non-hydrogen) atoms. The topological polar surface area (TPSA) is 59.2 Å². The Bertz CT molecular complexity index is 1120. The van der Waals surface area contributed by atoms with Gasteiger partial charge in [0.25, 0.3) is 5.91 Å². The summed E-state index contributed by atoms with van der Waals surface area (Å²) >= 11 is 0. The van der Waals surface area contributed by atoms with Crippen molar-refractivity contribution in [1.82, 2.24) is 15.1 Å². The Morgan fingerprint density at radius 1 is 0.897 bits per heavy atom. The number of hydrogen-bond donors (Lipinski definition) is 0. The van der Waals surface area contributed by atoms with E-state index in [0.29, 0.717) is 23.9 Å². The van der Waals surface area contributed by atoms with E-state index in [-0.39, 0.29) is 11.7 Å². The number of nitrogens with zero attached hydrogens (tertiary/aromatic N) is 3. The smallest absolute Gasteiger partial charge is 0.253 e. The first kappa shape index (κ1) is 18.6. The molecule has 1 amide bonds. The van der Waals surface area contributed by atoms with Gasteiger partial charge in [-0.15, -0.1) is 10.2 Å². The zero-order valence-corrected chi connectivity index (χ0v) is 15.7. The van der Waals surface area contributed by atoms with Gasteiger partial charge < -0.3 is 9.32 Å². The highest BCUT2D eigenvalue weighted by Crippen LogP contribution is 2.24. The molecule has 0 aliphatic rings. The van der Waals surface area contributed by atoms with Crippen molar-refractivity contribution < 1.29 is 13.6 Å². The molecular formula is C23H18FN3O2. The molecule has 0 spiro atoms. The lowest BCUT2D eigenvalue weighted by molar-refractivity contribution is 0.0785. The third-order valence-electron chi connectivity index (χ3n) is 4.48. The second-order valence-corrected chi connectivity index (χ2v) is 6.65. The number of rotatable bonds is 5. The molecule has 0 aliphatic carbocycles. The van der Waals surface area contributed by atoms with Gasteiger partial charge in [0.1, 0.15) is 5.82 Å². The fourth-order valence-electron chi connectivity index (χ4n) is 2.99. The summed E-state index contributed by atoms with van der Waals surface area (Å²) in [5.41, 5.74) is 2.83. The molecule has 0 N–H and O–H groups in total. The number of aromatic nitrogens is 2. The molecule has 4 rings (SSSR count). The van der Waals surface area contributed by atoms with Gasteiger partial charge >= 0.3 is 0 Å². The maximum atomic E-state index is 13.3. The molecule has 0 atom stereocenters. The van der Waals surface area contributed by atoms with Crippen molar-refractivity contribution in [1.29, 1.82) is 0 Å². The van der Waals surface area contributed by atoms with Crippen LogP contribution in [-0.2, 0) is 6.54 Å². The van der Waals surface area contributed by atoms with Crippen LogP contribution in [-0.4, -0.2) is 28.1 Å². The Kier molecular flexibility index (Phi) is 5.16. The average Bonchev–Trinajstić information content (AvgIpc) is 3.24. The summed E-state index contributed by atoms with van der Waals surface area (Å²) < 4.78 is 19.1. The minimum absolute atomic E-state index is 0.156. The van der Waals surface area contributed by atoms with Gasteiger partial charge in [-0.3, -0.25) is 4.79 Å². The summed E-state index contributed by atoms with van der Waals surface area (Å²) in [5.74, 6) is 0.352. The molecule has 0 fully saturated rings. The highest BCUT2D eigenvalue weighted by molar-refractivity contribution is 5.94. The van der Waals surface area contributed by atoms with Gasteiger partial charge in [-0.25, -0.2) is 4.39 Å². The van der Waals surface area contributed by atoms with Crippen LogP contribution in [0.1, 0.15) is 15.9 Å². The van der Waals surface area contributed by atoms with Gasteiger partial charge in [-0.1, -0.05) is 30.3 Å². The van der Waals surface area contributed by atoms with Crippen molar-refractivity contribution >= 4 is 5.91 Å². The molecule has 0 unspecified atom stereocenters. The van der Waals surface area contributed by atoms with Gasteiger partial charge in [0.15, 0.2) is 0 Å². The summed E-state index contributed by atoms with van der Waals surface area (Å²) in [4.78, 5) is 14.2. The molecule has 1 aromatic heterocycles. The standard InChI is InChI=1S/C23H18FN3O2/c1-27(15-16-6-5-9-20(24)14-16)23(28)19-12-10-18(11-13-19)22-26-25-21(29-22)17-7-3-2-4-8-17/h2-14H,15H2,1H3. The fraction of sp³-hybridized carbons (Fsp3) is 0.0870. The maximum absolute atomic E-state index is 13.3. The number of amides is 1. The van der Waals surface area contributed by atoms with E-state index >= 15 is 0 Å². The van der Waals surface area contributed by atoms with Gasteiger partial charge in [0.2, 0.25) is 11.8 Å². The summed E-state index contributed by atoms with van der Waals surface area (Å²) in [5, 5.41) is 8.17. The van der Waals surface area contributed by atoms with Gasteiger partial charge in [0.05, 0.1) is 0 Å². The number of hydrogen-bond acceptors (Lipinski definition) is 4. The Hall–Kier alpha value is -3.80. The number of carbonyl (C=O) groups is 1. The van der Waals surface area contributed by atoms with E-state index in [0.717, 1.165) is 16.7 Å². The Morgan fingerprint density at radius 3 is 2.21 bits per heavy atom. The van der Waals surface area contributed by atoms with Crippen LogP contribution < -0.4 is 0 Å². The van der Waals surface area contributed by atoms with E-state index in [2.05, 4.69) is 10.2 Å². The van der Waals surface area contributed by atoms with E-state index in [1.165, 1.54) is 12.1 Å². The molecular weight excluding hydrogens is 369 g/mol. The van der Waals surface area contributed by atoms with Crippen LogP contribution in [0.15, 0.2) is 83.3 Å². The third-order valence-corrected chi connectivity index (χ3v) is 4.48. The Labute approximate surface area is 167 Å². The van der Waals surface area contributed by atoms with Crippen molar-refractivity contribution in [3.8, 4) is 22.9 Å². The predicted molar refractivity (Wildman–Crippen MR) is 107 cm³/mol. The van der Waals surface area contributed by atoms with Gasteiger partial charge in [-0.2, -0.15) is 0 Å². The van der Waals surface area contributed by atoms with Gasteiger partial charge in [-0.05, 0) is 54.1 Å². The van der Waals surface area contributed by atoms with Crippen molar-refractivity contribution in [3.63, 3.8) is 0 Å². The minimum atomic E-state index is -0.317. The minimum Gasteiger partial charge on any atom is -0.416 e.